The third kappa shape index (κ3) is 5.36. The van der Waals surface area contributed by atoms with Crippen LogP contribution in [0.3, 0.4) is 0 Å². The van der Waals surface area contributed by atoms with Crippen LogP contribution in [0.5, 0.6) is 5.75 Å². The summed E-state index contributed by atoms with van der Waals surface area (Å²) in [6, 6.07) is 15.3. The Morgan fingerprint density at radius 3 is 2.33 bits per heavy atom. The van der Waals surface area contributed by atoms with Gasteiger partial charge in [0.05, 0.1) is 30.1 Å². The Labute approximate surface area is 224 Å². The lowest BCUT2D eigenvalue weighted by molar-refractivity contribution is 0.0530. The molecule has 2 amide bonds. The summed E-state index contributed by atoms with van der Waals surface area (Å²) in [5.74, 6) is -0.977. The van der Waals surface area contributed by atoms with Crippen LogP contribution in [0.4, 0.5) is 10.1 Å². The number of amides is 2. The number of hydrogen-bond acceptors (Lipinski definition) is 7. The topological polar surface area (TPSA) is 122 Å². The summed E-state index contributed by atoms with van der Waals surface area (Å²) < 4.78 is 47.4. The Morgan fingerprint density at radius 1 is 0.923 bits per heavy atom. The summed E-state index contributed by atoms with van der Waals surface area (Å²) >= 11 is 0. The van der Waals surface area contributed by atoms with Crippen molar-refractivity contribution in [2.75, 3.05) is 38.0 Å². The predicted molar refractivity (Wildman–Crippen MR) is 142 cm³/mol. The number of ether oxygens (including phenoxy) is 1. The molecule has 0 aliphatic carbocycles. The van der Waals surface area contributed by atoms with Gasteiger partial charge in [-0.1, -0.05) is 18.2 Å². The summed E-state index contributed by atoms with van der Waals surface area (Å²) in [6.07, 6.45) is 2.52. The fraction of sp³-hybridized carbons (Fsp3) is 0.185. The minimum atomic E-state index is -3.98. The van der Waals surface area contributed by atoms with E-state index in [0.29, 0.717) is 10.9 Å². The average molecular weight is 550 g/mol. The Bertz CT molecular complexity index is 1650. The zero-order valence-corrected chi connectivity index (χ0v) is 21.7. The number of piperazine rings is 1. The number of nitrogens with one attached hydrogen (secondary N) is 1. The second kappa shape index (κ2) is 10.7. The van der Waals surface area contributed by atoms with Gasteiger partial charge in [-0.3, -0.25) is 19.3 Å². The van der Waals surface area contributed by atoms with Crippen LogP contribution >= 0.6 is 0 Å². The molecule has 1 aliphatic rings. The molecule has 5 rings (SSSR count). The maximum Gasteiger partial charge on any atom is 0.272 e. The van der Waals surface area contributed by atoms with Gasteiger partial charge >= 0.3 is 0 Å². The van der Waals surface area contributed by atoms with Crippen molar-refractivity contribution in [2.24, 2.45) is 0 Å². The van der Waals surface area contributed by atoms with Gasteiger partial charge in [0, 0.05) is 43.8 Å². The fourth-order valence-electron chi connectivity index (χ4n) is 4.38. The molecule has 2 aromatic carbocycles. The number of aromatic nitrogens is 2. The van der Waals surface area contributed by atoms with Crippen LogP contribution in [0.1, 0.15) is 20.8 Å². The van der Waals surface area contributed by atoms with Gasteiger partial charge in [-0.05, 0) is 36.4 Å². The standard InChI is InChI=1S/C27H24FN5O5S/c1-38-23-16-20(31-39(36,37)24-6-2-4-18-5-3-11-29-25(18)24)8-9-21(23)26(34)32-12-14-33(15-13-32)27(35)22-10-7-19(28)17-30-22/h2-11,16-17,31H,12-15H2,1H3. The van der Waals surface area contributed by atoms with Crippen molar-refractivity contribution < 1.29 is 27.1 Å². The molecule has 2 aromatic heterocycles. The molecule has 0 atom stereocenters. The predicted octanol–water partition coefficient (Wildman–Crippen LogP) is 3.18. The molecule has 0 unspecified atom stereocenters. The number of pyridine rings is 2. The highest BCUT2D eigenvalue weighted by Gasteiger charge is 2.28. The molecule has 0 radical (unpaired) electrons. The van der Waals surface area contributed by atoms with Gasteiger partial charge < -0.3 is 14.5 Å². The van der Waals surface area contributed by atoms with E-state index in [1.165, 1.54) is 49.7 Å². The normalized spacial score (nSPS) is 13.8. The third-order valence-electron chi connectivity index (χ3n) is 6.37. The van der Waals surface area contributed by atoms with Gasteiger partial charge in [0.2, 0.25) is 0 Å². The smallest absolute Gasteiger partial charge is 0.272 e. The molecule has 3 heterocycles. The molecule has 0 bridgehead atoms. The minimum Gasteiger partial charge on any atom is -0.496 e. The molecule has 39 heavy (non-hydrogen) atoms. The number of carbonyl (C=O) groups excluding carboxylic acids is 2. The fourth-order valence-corrected chi connectivity index (χ4v) is 5.61. The molecular formula is C27H24FN5O5S. The Kier molecular flexibility index (Phi) is 7.11. The number of methoxy groups -OCH3 is 1. The number of nitrogens with zero attached hydrogens (tertiary/aromatic N) is 4. The van der Waals surface area contributed by atoms with E-state index in [4.69, 9.17) is 4.74 Å². The van der Waals surface area contributed by atoms with Crippen molar-refractivity contribution in [3.05, 3.63) is 90.1 Å². The highest BCUT2D eigenvalue weighted by Crippen LogP contribution is 2.28. The molecule has 1 N–H and O–H groups in total. The highest BCUT2D eigenvalue weighted by molar-refractivity contribution is 7.93. The van der Waals surface area contributed by atoms with Crippen LogP contribution in [0.15, 0.2) is 78.0 Å². The number of hydrogen-bond donors (Lipinski definition) is 1. The average Bonchev–Trinajstić information content (AvgIpc) is 2.96. The van der Waals surface area contributed by atoms with Gasteiger partial charge in [0.15, 0.2) is 0 Å². The van der Waals surface area contributed by atoms with E-state index in [1.54, 1.807) is 34.1 Å². The van der Waals surface area contributed by atoms with E-state index < -0.39 is 15.8 Å². The van der Waals surface area contributed by atoms with Crippen molar-refractivity contribution in [3.63, 3.8) is 0 Å². The zero-order valence-electron chi connectivity index (χ0n) is 20.9. The maximum atomic E-state index is 13.3. The molecule has 200 valence electrons. The summed E-state index contributed by atoms with van der Waals surface area (Å²) in [4.78, 5) is 37.1. The van der Waals surface area contributed by atoms with Crippen LogP contribution in [0, 0.1) is 5.82 Å². The monoisotopic (exact) mass is 549 g/mol. The lowest BCUT2D eigenvalue weighted by Gasteiger charge is -2.34. The second-order valence-electron chi connectivity index (χ2n) is 8.80. The molecule has 1 saturated heterocycles. The Morgan fingerprint density at radius 2 is 1.64 bits per heavy atom. The first-order valence-electron chi connectivity index (χ1n) is 12.0. The number of benzene rings is 2. The molecule has 12 heteroatoms. The minimum absolute atomic E-state index is 0.0305. The van der Waals surface area contributed by atoms with Crippen molar-refractivity contribution >= 4 is 38.4 Å². The number of sulfonamides is 1. The lowest BCUT2D eigenvalue weighted by Crippen LogP contribution is -2.50. The molecule has 4 aromatic rings. The summed E-state index contributed by atoms with van der Waals surface area (Å²) in [5.41, 5.74) is 0.958. The second-order valence-corrected chi connectivity index (χ2v) is 10.4. The number of para-hydroxylation sites is 1. The van der Waals surface area contributed by atoms with Gasteiger partial charge in [0.25, 0.3) is 21.8 Å². The quantitative estimate of drug-likeness (QED) is 0.392. The summed E-state index contributed by atoms with van der Waals surface area (Å²) in [6.45, 7) is 1.11. The van der Waals surface area contributed by atoms with E-state index in [9.17, 15) is 22.4 Å². The van der Waals surface area contributed by atoms with E-state index in [1.807, 2.05) is 0 Å². The van der Waals surface area contributed by atoms with E-state index in [0.717, 1.165) is 6.20 Å². The van der Waals surface area contributed by atoms with Crippen LogP contribution in [-0.4, -0.2) is 73.3 Å². The number of anilines is 1. The van der Waals surface area contributed by atoms with E-state index >= 15 is 0 Å². The first-order valence-corrected chi connectivity index (χ1v) is 13.5. The summed E-state index contributed by atoms with van der Waals surface area (Å²) in [7, 11) is -2.59. The molecule has 1 fully saturated rings. The van der Waals surface area contributed by atoms with E-state index in [2.05, 4.69) is 14.7 Å². The van der Waals surface area contributed by atoms with Crippen molar-refractivity contribution in [1.29, 1.82) is 0 Å². The Hall–Kier alpha value is -4.58. The number of rotatable bonds is 6. The van der Waals surface area contributed by atoms with Gasteiger partial charge in [-0.15, -0.1) is 0 Å². The van der Waals surface area contributed by atoms with Crippen molar-refractivity contribution in [1.82, 2.24) is 19.8 Å². The molecule has 0 spiro atoms. The zero-order chi connectivity index (χ0) is 27.6. The van der Waals surface area contributed by atoms with Gasteiger partial charge in [0.1, 0.15) is 22.2 Å². The largest absolute Gasteiger partial charge is 0.496 e. The first-order chi connectivity index (χ1) is 18.8. The lowest BCUT2D eigenvalue weighted by atomic mass is 10.1. The summed E-state index contributed by atoms with van der Waals surface area (Å²) in [5, 5.41) is 0.689. The Balaban J connectivity index is 1.29. The number of halogens is 1. The van der Waals surface area contributed by atoms with Crippen LogP contribution in [0.2, 0.25) is 0 Å². The molecule has 1 aliphatic heterocycles. The van der Waals surface area contributed by atoms with Crippen molar-refractivity contribution in [2.45, 2.75) is 4.90 Å². The van der Waals surface area contributed by atoms with Gasteiger partial charge in [-0.25, -0.2) is 17.8 Å². The van der Waals surface area contributed by atoms with Crippen LogP contribution in [-0.2, 0) is 10.0 Å². The number of fused-ring (bicyclic) bond motifs is 1. The SMILES string of the molecule is COc1cc(NS(=O)(=O)c2cccc3cccnc23)ccc1C(=O)N1CCN(C(=O)c2ccc(F)cn2)CC1. The van der Waals surface area contributed by atoms with Gasteiger partial charge in [-0.2, -0.15) is 0 Å². The number of carbonyl (C=O) groups is 2. The van der Waals surface area contributed by atoms with E-state index in [-0.39, 0.29) is 65.6 Å². The molecular weight excluding hydrogens is 525 g/mol. The molecule has 0 saturated carbocycles. The third-order valence-corrected chi connectivity index (χ3v) is 7.78. The molecule has 10 nitrogen and oxygen atoms in total. The maximum absolute atomic E-state index is 13.3. The van der Waals surface area contributed by atoms with Crippen LogP contribution < -0.4 is 9.46 Å². The van der Waals surface area contributed by atoms with Crippen LogP contribution in [0.25, 0.3) is 10.9 Å². The highest BCUT2D eigenvalue weighted by atomic mass is 32.2. The van der Waals surface area contributed by atoms with Crippen molar-refractivity contribution in [3.8, 4) is 5.75 Å². The first kappa shape index (κ1) is 26.0.